The van der Waals surface area contributed by atoms with E-state index in [-0.39, 0.29) is 18.0 Å². The lowest BCUT2D eigenvalue weighted by molar-refractivity contribution is -0.385. The number of likely N-dealkylation sites (N-methyl/N-ethyl adjacent to an activating group) is 1. The van der Waals surface area contributed by atoms with E-state index in [2.05, 4.69) is 5.32 Å². The van der Waals surface area contributed by atoms with Crippen LogP contribution in [0.4, 0.5) is 5.69 Å². The van der Waals surface area contributed by atoms with Crippen molar-refractivity contribution in [3.8, 4) is 17.6 Å². The number of benzene rings is 1. The molecule has 0 heterocycles. The molecule has 0 aliphatic rings. The average Bonchev–Trinajstić information content (AvgIpc) is 2.42. The second kappa shape index (κ2) is 7.18. The number of nitro benzene ring substituents is 1. The summed E-state index contributed by atoms with van der Waals surface area (Å²) in [6.45, 7) is 2.59. The minimum Gasteiger partial charge on any atom is -0.493 e. The zero-order valence-corrected chi connectivity index (χ0v) is 10.8. The van der Waals surface area contributed by atoms with E-state index in [9.17, 15) is 10.1 Å². The predicted octanol–water partition coefficient (Wildman–Crippen LogP) is 1.48. The highest BCUT2D eigenvalue weighted by atomic mass is 16.6. The zero-order chi connectivity index (χ0) is 14.3. The Morgan fingerprint density at radius 1 is 1.53 bits per heavy atom. The average molecular weight is 265 g/mol. The molecule has 0 aromatic heterocycles. The maximum absolute atomic E-state index is 10.7. The Balaban J connectivity index is 2.83. The van der Waals surface area contributed by atoms with E-state index < -0.39 is 11.0 Å². The standard InChI is InChI=1S/C12H15N3O4/c1-3-14-9(7-13)8-19-12-6-10(15(16)17)4-5-11(12)18-2/h4-6,9,14H,3,8H2,1-2H3. The molecule has 19 heavy (non-hydrogen) atoms. The van der Waals surface area contributed by atoms with Crippen LogP contribution in [0.25, 0.3) is 0 Å². The van der Waals surface area contributed by atoms with Crippen molar-refractivity contribution in [2.24, 2.45) is 0 Å². The molecule has 1 aromatic rings. The molecule has 7 heteroatoms. The lowest BCUT2D eigenvalue weighted by Crippen LogP contribution is -2.33. The van der Waals surface area contributed by atoms with Crippen LogP contribution in [-0.4, -0.2) is 31.2 Å². The summed E-state index contributed by atoms with van der Waals surface area (Å²) in [7, 11) is 1.44. The largest absolute Gasteiger partial charge is 0.493 e. The van der Waals surface area contributed by atoms with Gasteiger partial charge in [-0.1, -0.05) is 6.92 Å². The van der Waals surface area contributed by atoms with Gasteiger partial charge in [-0.3, -0.25) is 15.4 Å². The summed E-state index contributed by atoms with van der Waals surface area (Å²) < 4.78 is 10.5. The number of nitriles is 1. The van der Waals surface area contributed by atoms with E-state index in [1.165, 1.54) is 25.3 Å². The van der Waals surface area contributed by atoms with Crippen molar-refractivity contribution in [1.29, 1.82) is 5.26 Å². The number of nitro groups is 1. The van der Waals surface area contributed by atoms with Crippen molar-refractivity contribution >= 4 is 5.69 Å². The first-order chi connectivity index (χ1) is 9.12. The van der Waals surface area contributed by atoms with Crippen LogP contribution in [0.2, 0.25) is 0 Å². The Bertz CT molecular complexity index is 484. The normalized spacial score (nSPS) is 11.4. The van der Waals surface area contributed by atoms with Gasteiger partial charge < -0.3 is 9.47 Å². The molecule has 102 valence electrons. The van der Waals surface area contributed by atoms with Crippen molar-refractivity contribution in [2.45, 2.75) is 13.0 Å². The highest BCUT2D eigenvalue weighted by Gasteiger charge is 2.14. The van der Waals surface area contributed by atoms with E-state index in [4.69, 9.17) is 14.7 Å². The molecular formula is C12H15N3O4. The molecule has 0 amide bonds. The van der Waals surface area contributed by atoms with Crippen LogP contribution in [0.3, 0.4) is 0 Å². The molecule has 1 aromatic carbocycles. The van der Waals surface area contributed by atoms with Crippen molar-refractivity contribution in [3.05, 3.63) is 28.3 Å². The van der Waals surface area contributed by atoms with Crippen LogP contribution < -0.4 is 14.8 Å². The maximum Gasteiger partial charge on any atom is 0.273 e. The molecule has 0 aliphatic carbocycles. The third-order valence-corrected chi connectivity index (χ3v) is 2.37. The summed E-state index contributed by atoms with van der Waals surface area (Å²) in [6, 6.07) is 5.63. The van der Waals surface area contributed by atoms with Crippen LogP contribution in [-0.2, 0) is 0 Å². The SMILES string of the molecule is CCNC(C#N)COc1cc([N+](=O)[O-])ccc1OC. The van der Waals surface area contributed by atoms with Gasteiger partial charge in [-0.25, -0.2) is 0 Å². The van der Waals surface area contributed by atoms with Gasteiger partial charge in [0.1, 0.15) is 12.6 Å². The summed E-state index contributed by atoms with van der Waals surface area (Å²) in [4.78, 5) is 10.2. The van der Waals surface area contributed by atoms with Gasteiger partial charge in [0.2, 0.25) is 0 Å². The van der Waals surface area contributed by atoms with Crippen LogP contribution in [0.1, 0.15) is 6.92 Å². The Hall–Kier alpha value is -2.33. The summed E-state index contributed by atoms with van der Waals surface area (Å²) >= 11 is 0. The number of nitrogens with zero attached hydrogens (tertiary/aromatic N) is 2. The summed E-state index contributed by atoms with van der Waals surface area (Å²) in [5.74, 6) is 0.633. The van der Waals surface area contributed by atoms with Gasteiger partial charge in [0.05, 0.1) is 24.2 Å². The highest BCUT2D eigenvalue weighted by Crippen LogP contribution is 2.31. The van der Waals surface area contributed by atoms with E-state index >= 15 is 0 Å². The minimum absolute atomic E-state index is 0.0852. The molecule has 0 saturated carbocycles. The molecule has 0 aliphatic heterocycles. The molecule has 0 spiro atoms. The van der Waals surface area contributed by atoms with Gasteiger partial charge >= 0.3 is 0 Å². The molecule has 7 nitrogen and oxygen atoms in total. The van der Waals surface area contributed by atoms with Crippen LogP contribution in [0, 0.1) is 21.4 Å². The fraction of sp³-hybridized carbons (Fsp3) is 0.417. The van der Waals surface area contributed by atoms with Crippen LogP contribution in [0.5, 0.6) is 11.5 Å². The number of hydrogen-bond acceptors (Lipinski definition) is 6. The minimum atomic E-state index is -0.516. The molecule has 1 rings (SSSR count). The van der Waals surface area contributed by atoms with Gasteiger partial charge in [0, 0.05) is 6.07 Å². The lowest BCUT2D eigenvalue weighted by atomic mass is 10.2. The third kappa shape index (κ3) is 4.12. The first-order valence-corrected chi connectivity index (χ1v) is 5.70. The molecule has 1 atom stereocenters. The zero-order valence-electron chi connectivity index (χ0n) is 10.8. The number of methoxy groups -OCH3 is 1. The number of nitrogens with one attached hydrogen (secondary N) is 1. The Kier molecular flexibility index (Phi) is 5.57. The number of non-ortho nitro benzene ring substituents is 1. The topological polar surface area (TPSA) is 97.4 Å². The summed E-state index contributed by atoms with van der Waals surface area (Å²) in [6.07, 6.45) is 0. The molecule has 1 N–H and O–H groups in total. The molecular weight excluding hydrogens is 250 g/mol. The Morgan fingerprint density at radius 3 is 2.79 bits per heavy atom. The highest BCUT2D eigenvalue weighted by molar-refractivity contribution is 5.48. The summed E-state index contributed by atoms with van der Waals surface area (Å²) in [5.41, 5.74) is -0.0900. The van der Waals surface area contributed by atoms with Gasteiger partial charge in [-0.05, 0) is 12.6 Å². The van der Waals surface area contributed by atoms with E-state index in [1.54, 1.807) is 0 Å². The number of ether oxygens (including phenoxy) is 2. The van der Waals surface area contributed by atoms with Crippen LogP contribution in [0.15, 0.2) is 18.2 Å². The van der Waals surface area contributed by atoms with Crippen molar-refractivity contribution < 1.29 is 14.4 Å². The second-order valence-corrected chi connectivity index (χ2v) is 3.64. The van der Waals surface area contributed by atoms with E-state index in [1.807, 2.05) is 13.0 Å². The molecule has 0 bridgehead atoms. The third-order valence-electron chi connectivity index (χ3n) is 2.37. The fourth-order valence-corrected chi connectivity index (χ4v) is 1.45. The maximum atomic E-state index is 10.7. The van der Waals surface area contributed by atoms with Crippen molar-refractivity contribution in [2.75, 3.05) is 20.3 Å². The van der Waals surface area contributed by atoms with Gasteiger partial charge in [0.15, 0.2) is 11.5 Å². The molecule has 0 fully saturated rings. The Labute approximate surface area is 110 Å². The van der Waals surface area contributed by atoms with Gasteiger partial charge in [0.25, 0.3) is 5.69 Å². The first kappa shape index (κ1) is 14.7. The Morgan fingerprint density at radius 2 is 2.26 bits per heavy atom. The number of hydrogen-bond donors (Lipinski definition) is 1. The van der Waals surface area contributed by atoms with Crippen molar-refractivity contribution in [3.63, 3.8) is 0 Å². The predicted molar refractivity (Wildman–Crippen MR) is 68.2 cm³/mol. The van der Waals surface area contributed by atoms with Gasteiger partial charge in [-0.2, -0.15) is 5.26 Å². The van der Waals surface area contributed by atoms with Crippen molar-refractivity contribution in [1.82, 2.24) is 5.32 Å². The molecule has 0 saturated heterocycles. The summed E-state index contributed by atoms with van der Waals surface area (Å²) in [5, 5.41) is 22.5. The van der Waals surface area contributed by atoms with Crippen LogP contribution >= 0.6 is 0 Å². The smallest absolute Gasteiger partial charge is 0.273 e. The van der Waals surface area contributed by atoms with E-state index in [0.717, 1.165) is 0 Å². The molecule has 0 radical (unpaired) electrons. The fourth-order valence-electron chi connectivity index (χ4n) is 1.45. The monoisotopic (exact) mass is 265 g/mol. The van der Waals surface area contributed by atoms with Gasteiger partial charge in [-0.15, -0.1) is 0 Å². The van der Waals surface area contributed by atoms with E-state index in [0.29, 0.717) is 12.3 Å². The second-order valence-electron chi connectivity index (χ2n) is 3.64. The lowest BCUT2D eigenvalue weighted by Gasteiger charge is -2.13. The number of rotatable bonds is 7. The first-order valence-electron chi connectivity index (χ1n) is 5.70. The quantitative estimate of drug-likeness (QED) is 0.592. The molecule has 1 unspecified atom stereocenters.